The molecule has 0 aliphatic heterocycles. The molecule has 0 radical (unpaired) electrons. The molecule has 4 aromatic rings. The number of halogens is 4. The van der Waals surface area contributed by atoms with E-state index >= 15 is 4.39 Å². The second-order valence-corrected chi connectivity index (χ2v) is 9.13. The van der Waals surface area contributed by atoms with Gasteiger partial charge in [0.25, 0.3) is 0 Å². The minimum Gasteiger partial charge on any atom is -0.478 e. The lowest BCUT2D eigenvalue weighted by Crippen LogP contribution is -2.15. The minimum absolute atomic E-state index is 0.0856. The summed E-state index contributed by atoms with van der Waals surface area (Å²) in [4.78, 5) is 10.9. The molecule has 0 unspecified atom stereocenters. The quantitative estimate of drug-likeness (QED) is 0.209. The molecule has 2 N–H and O–H groups in total. The normalized spacial score (nSPS) is 14.8. The van der Waals surface area contributed by atoms with Crippen molar-refractivity contribution < 1.29 is 23.1 Å². The van der Waals surface area contributed by atoms with Crippen molar-refractivity contribution in [3.05, 3.63) is 106 Å². The van der Waals surface area contributed by atoms with E-state index in [9.17, 15) is 13.6 Å². The maximum atomic E-state index is 15.1. The summed E-state index contributed by atoms with van der Waals surface area (Å²) in [5.74, 6) is -2.77. The number of carboxylic acids is 1. The van der Waals surface area contributed by atoms with Crippen molar-refractivity contribution in [2.24, 2.45) is 5.92 Å². The van der Waals surface area contributed by atoms with E-state index in [0.29, 0.717) is 27.8 Å². The topological polar surface area (TPSA) is 66.0 Å². The van der Waals surface area contributed by atoms with E-state index in [2.05, 4.69) is 10.2 Å². The predicted octanol–water partition coefficient (Wildman–Crippen LogP) is 7.49. The summed E-state index contributed by atoms with van der Waals surface area (Å²) in [6.07, 6.45) is 4.79. The first kappa shape index (κ1) is 23.9. The van der Waals surface area contributed by atoms with E-state index in [4.69, 9.17) is 16.7 Å². The third-order valence-electron chi connectivity index (χ3n) is 6.49. The third-order valence-corrected chi connectivity index (χ3v) is 6.81. The molecule has 182 valence electrons. The number of aliphatic carboxylic acids is 1. The van der Waals surface area contributed by atoms with E-state index in [1.807, 2.05) is 0 Å². The number of nitrogens with one attached hydrogen (secondary N) is 1. The zero-order valence-electron chi connectivity index (χ0n) is 18.9. The molecule has 36 heavy (non-hydrogen) atoms. The molecule has 3 aromatic carbocycles. The Morgan fingerprint density at radius 1 is 1.03 bits per heavy atom. The fourth-order valence-electron chi connectivity index (χ4n) is 4.55. The number of fused-ring (bicyclic) bond motifs is 1. The summed E-state index contributed by atoms with van der Waals surface area (Å²) in [5.41, 5.74) is 3.78. The fraction of sp³-hybridized carbons (Fsp3) is 0.143. The van der Waals surface area contributed by atoms with Crippen LogP contribution in [0, 0.1) is 23.5 Å². The molecule has 0 bridgehead atoms. The van der Waals surface area contributed by atoms with Crippen LogP contribution >= 0.6 is 11.6 Å². The zero-order chi connectivity index (χ0) is 25.4. The van der Waals surface area contributed by atoms with Gasteiger partial charge in [0, 0.05) is 11.6 Å². The largest absolute Gasteiger partial charge is 0.478 e. The van der Waals surface area contributed by atoms with E-state index in [1.54, 1.807) is 30.3 Å². The van der Waals surface area contributed by atoms with Gasteiger partial charge in [-0.2, -0.15) is 9.49 Å². The molecule has 1 heterocycles. The Kier molecular flexibility index (Phi) is 6.41. The molecule has 1 fully saturated rings. The number of benzene rings is 3. The van der Waals surface area contributed by atoms with Gasteiger partial charge in [0.1, 0.15) is 11.6 Å². The molecule has 8 heteroatoms. The van der Waals surface area contributed by atoms with E-state index in [-0.39, 0.29) is 21.9 Å². The first-order valence-corrected chi connectivity index (χ1v) is 11.7. The molecule has 0 saturated heterocycles. The smallest absolute Gasteiger partial charge is 0.328 e. The van der Waals surface area contributed by atoms with Gasteiger partial charge in [0.05, 0.1) is 15.9 Å². The molecular formula is C28H20ClF3N2O2. The average molecular weight is 509 g/mol. The minimum atomic E-state index is -1.19. The maximum absolute atomic E-state index is 15.1. The van der Waals surface area contributed by atoms with Crippen LogP contribution < -0.4 is 0 Å². The van der Waals surface area contributed by atoms with Crippen LogP contribution in [0.25, 0.3) is 28.1 Å². The first-order valence-electron chi connectivity index (χ1n) is 11.4. The molecule has 1 aliphatic carbocycles. The van der Waals surface area contributed by atoms with Gasteiger partial charge in [0.15, 0.2) is 0 Å². The summed E-state index contributed by atoms with van der Waals surface area (Å²) < 4.78 is 43.5. The van der Waals surface area contributed by atoms with Gasteiger partial charge in [0.2, 0.25) is 5.95 Å². The number of H-pyrrole nitrogens is 1. The molecule has 1 aromatic heterocycles. The van der Waals surface area contributed by atoms with Crippen LogP contribution in [0.3, 0.4) is 0 Å². The highest BCUT2D eigenvalue weighted by Gasteiger charge is 2.29. The molecule has 4 nitrogen and oxygen atoms in total. The molecule has 0 spiro atoms. The molecule has 1 aliphatic rings. The Morgan fingerprint density at radius 3 is 2.44 bits per heavy atom. The summed E-state index contributed by atoms with van der Waals surface area (Å²) in [6, 6.07) is 13.8. The van der Waals surface area contributed by atoms with Gasteiger partial charge in [-0.05, 0) is 83.0 Å². The number of aromatic nitrogens is 2. The third kappa shape index (κ3) is 4.54. The maximum Gasteiger partial charge on any atom is 0.328 e. The van der Waals surface area contributed by atoms with Crippen molar-refractivity contribution in [1.82, 2.24) is 10.2 Å². The van der Waals surface area contributed by atoms with Gasteiger partial charge < -0.3 is 5.11 Å². The Balaban J connectivity index is 1.80. The van der Waals surface area contributed by atoms with Crippen molar-refractivity contribution >= 4 is 45.7 Å². The zero-order valence-corrected chi connectivity index (χ0v) is 19.6. The van der Waals surface area contributed by atoms with Gasteiger partial charge >= 0.3 is 5.97 Å². The van der Waals surface area contributed by atoms with Gasteiger partial charge in [-0.15, -0.1) is 0 Å². The van der Waals surface area contributed by atoms with Crippen LogP contribution in [0.5, 0.6) is 0 Å². The second-order valence-electron chi connectivity index (χ2n) is 8.72. The van der Waals surface area contributed by atoms with Crippen LogP contribution in [0.1, 0.15) is 41.5 Å². The number of hydrogen-bond acceptors (Lipinski definition) is 2. The molecule has 0 amide bonds. The molecule has 1 saturated carbocycles. The van der Waals surface area contributed by atoms with Gasteiger partial charge in [-0.25, -0.2) is 13.6 Å². The number of hydrogen-bond donors (Lipinski definition) is 2. The highest BCUT2D eigenvalue weighted by molar-refractivity contribution is 6.32. The standard InChI is InChI=1S/C28H20ClF3N2O2/c29-22-14-19(30)8-9-20(22)27(16-2-1-3-16)26(17-6-10-24-21(12-17)28(32)34-33-24)18-5-4-15(23(31)13-18)7-11-25(35)36/h4-14,16H,1-3H2,(H,33,34)(H,35,36). The number of aromatic amines is 1. The van der Waals surface area contributed by atoms with E-state index in [0.717, 1.165) is 30.9 Å². The fourth-order valence-corrected chi connectivity index (χ4v) is 4.82. The highest BCUT2D eigenvalue weighted by atomic mass is 35.5. The van der Waals surface area contributed by atoms with E-state index < -0.39 is 23.6 Å². The van der Waals surface area contributed by atoms with Crippen molar-refractivity contribution in [2.75, 3.05) is 0 Å². The SMILES string of the molecule is O=C(O)C=Cc1ccc(C(=C(c2ccc(F)cc2Cl)C2CCC2)c2ccc3n[nH]c(F)c3c2)cc1F. The predicted molar refractivity (Wildman–Crippen MR) is 134 cm³/mol. The number of allylic oxidation sites excluding steroid dienone is 1. The molecule has 5 rings (SSSR count). The van der Waals surface area contributed by atoms with Crippen LogP contribution in [-0.2, 0) is 4.79 Å². The lowest BCUT2D eigenvalue weighted by atomic mass is 9.73. The Morgan fingerprint density at radius 2 is 1.78 bits per heavy atom. The Bertz CT molecular complexity index is 1550. The summed E-state index contributed by atoms with van der Waals surface area (Å²) in [7, 11) is 0. The van der Waals surface area contributed by atoms with Crippen molar-refractivity contribution in [2.45, 2.75) is 19.3 Å². The van der Waals surface area contributed by atoms with E-state index in [1.165, 1.54) is 30.3 Å². The van der Waals surface area contributed by atoms with Crippen molar-refractivity contribution in [1.29, 1.82) is 0 Å². The van der Waals surface area contributed by atoms with Crippen molar-refractivity contribution in [3.63, 3.8) is 0 Å². The number of carbonyl (C=O) groups is 1. The van der Waals surface area contributed by atoms with Crippen LogP contribution in [-0.4, -0.2) is 21.3 Å². The van der Waals surface area contributed by atoms with Gasteiger partial charge in [-0.1, -0.05) is 42.3 Å². The molecule has 0 atom stereocenters. The monoisotopic (exact) mass is 508 g/mol. The van der Waals surface area contributed by atoms with Crippen LogP contribution in [0.2, 0.25) is 5.02 Å². The lowest BCUT2D eigenvalue weighted by molar-refractivity contribution is -0.131. The average Bonchev–Trinajstić information content (AvgIpc) is 3.17. The van der Waals surface area contributed by atoms with Crippen molar-refractivity contribution in [3.8, 4) is 0 Å². The summed E-state index contributed by atoms with van der Waals surface area (Å²) in [5, 5.41) is 15.7. The highest BCUT2D eigenvalue weighted by Crippen LogP contribution is 2.47. The summed E-state index contributed by atoms with van der Waals surface area (Å²) in [6.45, 7) is 0. The molecular weight excluding hydrogens is 489 g/mol. The Labute approximate surface area is 209 Å². The van der Waals surface area contributed by atoms with Crippen LogP contribution in [0.4, 0.5) is 13.2 Å². The first-order chi connectivity index (χ1) is 17.3. The number of carboxylic acid groups (broad SMARTS) is 1. The lowest BCUT2D eigenvalue weighted by Gasteiger charge is -2.32. The summed E-state index contributed by atoms with van der Waals surface area (Å²) >= 11 is 6.51. The Hall–Kier alpha value is -3.84. The van der Waals surface area contributed by atoms with Crippen LogP contribution in [0.15, 0.2) is 60.7 Å². The second kappa shape index (κ2) is 9.66. The number of rotatable bonds is 6. The van der Waals surface area contributed by atoms with Gasteiger partial charge in [-0.3, -0.25) is 5.10 Å². The number of nitrogens with zero attached hydrogens (tertiary/aromatic N) is 1.